The smallest absolute Gasteiger partial charge is 0.130 e. The highest BCUT2D eigenvalue weighted by Gasteiger charge is 2.39. The van der Waals surface area contributed by atoms with Gasteiger partial charge < -0.3 is 11.5 Å². The zero-order valence-corrected chi connectivity index (χ0v) is 9.81. The third-order valence-corrected chi connectivity index (χ3v) is 3.79. The van der Waals surface area contributed by atoms with E-state index >= 15 is 0 Å². The Hall–Kier alpha value is -1.00. The fraction of sp³-hybridized carbons (Fsp3) is 0.538. The highest BCUT2D eigenvalue weighted by Crippen LogP contribution is 2.45. The Balaban J connectivity index is 2.48. The van der Waals surface area contributed by atoms with Crippen molar-refractivity contribution >= 4 is 0 Å². The Morgan fingerprint density at radius 1 is 1.12 bits per heavy atom. The zero-order valence-electron chi connectivity index (χ0n) is 9.81. The van der Waals surface area contributed by atoms with E-state index in [1.807, 2.05) is 0 Å². The molecule has 2 nitrogen and oxygen atoms in total. The topological polar surface area (TPSA) is 52.0 Å². The molecule has 94 valence electrons. The molecule has 4 N–H and O–H groups in total. The number of hydrogen-bond donors (Lipinski definition) is 2. The molecule has 1 aliphatic carbocycles. The molecule has 17 heavy (non-hydrogen) atoms. The molecule has 0 bridgehead atoms. The summed E-state index contributed by atoms with van der Waals surface area (Å²) in [4.78, 5) is 0. The Kier molecular flexibility index (Phi) is 3.45. The summed E-state index contributed by atoms with van der Waals surface area (Å²) in [5.74, 6) is -0.947. The second-order valence-corrected chi connectivity index (χ2v) is 4.78. The van der Waals surface area contributed by atoms with Gasteiger partial charge in [-0.1, -0.05) is 0 Å². The molecule has 1 aromatic rings. The maximum absolute atomic E-state index is 14.0. The normalized spacial score (nSPS) is 17.2. The first kappa shape index (κ1) is 12.5. The van der Waals surface area contributed by atoms with E-state index in [1.54, 1.807) is 0 Å². The third kappa shape index (κ3) is 2.07. The van der Waals surface area contributed by atoms with Crippen molar-refractivity contribution in [2.75, 3.05) is 13.1 Å². The molecule has 0 aliphatic heterocycles. The molecule has 0 amide bonds. The number of hydrogen-bond acceptors (Lipinski definition) is 2. The van der Waals surface area contributed by atoms with Crippen LogP contribution in [0.25, 0.3) is 0 Å². The first-order valence-corrected chi connectivity index (χ1v) is 6.01. The molecular weight excluding hydrogens is 222 g/mol. The minimum absolute atomic E-state index is 0.281. The van der Waals surface area contributed by atoms with Crippen LogP contribution in [0.2, 0.25) is 0 Å². The predicted octanol–water partition coefficient (Wildman–Crippen LogP) is 1.85. The van der Waals surface area contributed by atoms with Crippen LogP contribution in [0.15, 0.2) is 12.1 Å². The van der Waals surface area contributed by atoms with Crippen LogP contribution in [0.3, 0.4) is 0 Å². The molecule has 0 saturated heterocycles. The molecule has 0 saturated carbocycles. The second-order valence-electron chi connectivity index (χ2n) is 4.78. The molecule has 0 aromatic heterocycles. The summed E-state index contributed by atoms with van der Waals surface area (Å²) in [6, 6.07) is 2.40. The van der Waals surface area contributed by atoms with Crippen molar-refractivity contribution in [1.29, 1.82) is 0 Å². The minimum Gasteiger partial charge on any atom is -0.330 e. The van der Waals surface area contributed by atoms with Gasteiger partial charge in [-0.2, -0.15) is 0 Å². The van der Waals surface area contributed by atoms with Gasteiger partial charge in [-0.25, -0.2) is 8.78 Å². The SMILES string of the molecule is NCCC1(CCN)CCc2cc(F)cc(F)c21. The van der Waals surface area contributed by atoms with Crippen molar-refractivity contribution in [1.82, 2.24) is 0 Å². The fourth-order valence-corrected chi connectivity index (χ4v) is 3.09. The average molecular weight is 240 g/mol. The van der Waals surface area contributed by atoms with Gasteiger partial charge in [0.25, 0.3) is 0 Å². The first-order chi connectivity index (χ1) is 8.13. The summed E-state index contributed by atoms with van der Waals surface area (Å²) >= 11 is 0. The van der Waals surface area contributed by atoms with Crippen LogP contribution in [0.4, 0.5) is 8.78 Å². The van der Waals surface area contributed by atoms with E-state index in [9.17, 15) is 8.78 Å². The van der Waals surface area contributed by atoms with Crippen molar-refractivity contribution in [2.24, 2.45) is 11.5 Å². The van der Waals surface area contributed by atoms with Gasteiger partial charge in [0.05, 0.1) is 0 Å². The van der Waals surface area contributed by atoms with Crippen LogP contribution >= 0.6 is 0 Å². The number of benzene rings is 1. The molecule has 0 unspecified atom stereocenters. The van der Waals surface area contributed by atoms with Gasteiger partial charge in [-0.15, -0.1) is 0 Å². The van der Waals surface area contributed by atoms with Gasteiger partial charge in [0.2, 0.25) is 0 Å². The largest absolute Gasteiger partial charge is 0.330 e. The summed E-state index contributed by atoms with van der Waals surface area (Å²) in [5.41, 5.74) is 12.4. The molecule has 0 fully saturated rings. The van der Waals surface area contributed by atoms with Crippen molar-refractivity contribution in [2.45, 2.75) is 31.1 Å². The van der Waals surface area contributed by atoms with E-state index in [2.05, 4.69) is 0 Å². The van der Waals surface area contributed by atoms with E-state index in [1.165, 1.54) is 6.07 Å². The Labute approximate surface area is 100.0 Å². The van der Waals surface area contributed by atoms with E-state index < -0.39 is 11.6 Å². The lowest BCUT2D eigenvalue weighted by Crippen LogP contribution is -2.30. The predicted molar refractivity (Wildman–Crippen MR) is 63.7 cm³/mol. The minimum atomic E-state index is -0.502. The summed E-state index contributed by atoms with van der Waals surface area (Å²) in [5, 5.41) is 0. The van der Waals surface area contributed by atoms with E-state index in [-0.39, 0.29) is 5.41 Å². The first-order valence-electron chi connectivity index (χ1n) is 6.01. The molecule has 4 heteroatoms. The molecule has 1 aliphatic rings. The van der Waals surface area contributed by atoms with Crippen molar-refractivity contribution in [3.8, 4) is 0 Å². The number of aryl methyl sites for hydroxylation is 1. The maximum Gasteiger partial charge on any atom is 0.130 e. The second kappa shape index (κ2) is 4.70. The molecular formula is C13H18F2N2. The zero-order chi connectivity index (χ0) is 12.5. The van der Waals surface area contributed by atoms with E-state index in [0.29, 0.717) is 37.9 Å². The highest BCUT2D eigenvalue weighted by atomic mass is 19.1. The number of fused-ring (bicyclic) bond motifs is 1. The van der Waals surface area contributed by atoms with Crippen LogP contribution in [-0.2, 0) is 11.8 Å². The molecule has 0 atom stereocenters. The number of nitrogens with two attached hydrogens (primary N) is 2. The maximum atomic E-state index is 14.0. The van der Waals surface area contributed by atoms with E-state index in [0.717, 1.165) is 18.1 Å². The lowest BCUT2D eigenvalue weighted by Gasteiger charge is -2.30. The van der Waals surface area contributed by atoms with Gasteiger partial charge in [0.15, 0.2) is 0 Å². The van der Waals surface area contributed by atoms with Crippen LogP contribution in [0, 0.1) is 11.6 Å². The molecule has 0 spiro atoms. The third-order valence-electron chi connectivity index (χ3n) is 3.79. The van der Waals surface area contributed by atoms with Crippen molar-refractivity contribution < 1.29 is 8.78 Å². The van der Waals surface area contributed by atoms with Crippen LogP contribution in [-0.4, -0.2) is 13.1 Å². The Morgan fingerprint density at radius 3 is 2.35 bits per heavy atom. The quantitative estimate of drug-likeness (QED) is 0.843. The summed E-state index contributed by atoms with van der Waals surface area (Å²) < 4.78 is 27.1. The standard InChI is InChI=1S/C13H18F2N2/c14-10-7-9-1-2-13(3-5-16,4-6-17)12(9)11(15)8-10/h7-8H,1-6,16-17H2. The summed E-state index contributed by atoms with van der Waals surface area (Å²) in [6.45, 7) is 0.993. The summed E-state index contributed by atoms with van der Waals surface area (Å²) in [6.07, 6.45) is 2.95. The lowest BCUT2D eigenvalue weighted by molar-refractivity contribution is 0.359. The Morgan fingerprint density at radius 2 is 1.76 bits per heavy atom. The van der Waals surface area contributed by atoms with Crippen molar-refractivity contribution in [3.05, 3.63) is 34.9 Å². The van der Waals surface area contributed by atoms with Gasteiger partial charge in [0.1, 0.15) is 11.6 Å². The van der Waals surface area contributed by atoms with Crippen molar-refractivity contribution in [3.63, 3.8) is 0 Å². The lowest BCUT2D eigenvalue weighted by atomic mass is 9.75. The highest BCUT2D eigenvalue weighted by molar-refractivity contribution is 5.41. The molecule has 0 heterocycles. The van der Waals surface area contributed by atoms with Gasteiger partial charge >= 0.3 is 0 Å². The molecule has 2 rings (SSSR count). The van der Waals surface area contributed by atoms with Gasteiger partial charge in [-0.05, 0) is 56.0 Å². The average Bonchev–Trinajstić information content (AvgIpc) is 2.58. The number of halogens is 2. The fourth-order valence-electron chi connectivity index (χ4n) is 3.09. The van der Waals surface area contributed by atoms with E-state index in [4.69, 9.17) is 11.5 Å². The van der Waals surface area contributed by atoms with Crippen LogP contribution in [0.5, 0.6) is 0 Å². The monoisotopic (exact) mass is 240 g/mol. The van der Waals surface area contributed by atoms with Crippen LogP contribution in [0.1, 0.15) is 30.4 Å². The van der Waals surface area contributed by atoms with Crippen LogP contribution < -0.4 is 11.5 Å². The molecule has 1 aromatic carbocycles. The Bertz CT molecular complexity index is 412. The van der Waals surface area contributed by atoms with Gasteiger partial charge in [-0.3, -0.25) is 0 Å². The number of rotatable bonds is 4. The summed E-state index contributed by atoms with van der Waals surface area (Å²) in [7, 11) is 0. The molecule has 0 radical (unpaired) electrons. The van der Waals surface area contributed by atoms with Gasteiger partial charge in [0, 0.05) is 11.5 Å².